The predicted molar refractivity (Wildman–Crippen MR) is 105 cm³/mol. The Hall–Kier alpha value is -2.62. The van der Waals surface area contributed by atoms with Crippen LogP contribution in [0.2, 0.25) is 0 Å². The van der Waals surface area contributed by atoms with Crippen LogP contribution in [0.15, 0.2) is 48.5 Å². The summed E-state index contributed by atoms with van der Waals surface area (Å²) in [5, 5.41) is 0. The molecule has 0 spiro atoms. The van der Waals surface area contributed by atoms with Gasteiger partial charge in [0.1, 0.15) is 0 Å². The molecule has 1 aliphatic carbocycles. The van der Waals surface area contributed by atoms with Gasteiger partial charge in [-0.25, -0.2) is 0 Å². The lowest BCUT2D eigenvalue weighted by Crippen LogP contribution is -2.33. The van der Waals surface area contributed by atoms with Gasteiger partial charge in [0.15, 0.2) is 0 Å². The third-order valence-corrected chi connectivity index (χ3v) is 5.84. The minimum absolute atomic E-state index is 0.0475. The average Bonchev–Trinajstić information content (AvgIpc) is 3.11. The molecule has 0 radical (unpaired) electrons. The SMILES string of the molecule is CN(C(=O)c1cccc(CN2CCCC2=O)c1)[C@H]1CCCc2ccccc21. The van der Waals surface area contributed by atoms with E-state index >= 15 is 0 Å². The van der Waals surface area contributed by atoms with E-state index in [4.69, 9.17) is 0 Å². The molecule has 2 aromatic rings. The van der Waals surface area contributed by atoms with Crippen molar-refractivity contribution in [3.05, 3.63) is 70.8 Å². The van der Waals surface area contributed by atoms with Crippen molar-refractivity contribution in [3.8, 4) is 0 Å². The maximum Gasteiger partial charge on any atom is 0.254 e. The smallest absolute Gasteiger partial charge is 0.254 e. The van der Waals surface area contributed by atoms with Gasteiger partial charge in [0.2, 0.25) is 5.91 Å². The molecule has 1 fully saturated rings. The van der Waals surface area contributed by atoms with Crippen LogP contribution in [0.4, 0.5) is 0 Å². The first-order valence-electron chi connectivity index (χ1n) is 9.85. The van der Waals surface area contributed by atoms with Crippen molar-refractivity contribution in [1.82, 2.24) is 9.80 Å². The summed E-state index contributed by atoms with van der Waals surface area (Å²) < 4.78 is 0. The summed E-state index contributed by atoms with van der Waals surface area (Å²) in [6.45, 7) is 1.41. The standard InChI is InChI=1S/C23H26N2O2/c1-24(21-12-5-9-18-8-2-3-11-20(18)21)23(27)19-10-4-7-17(15-19)16-25-14-6-13-22(25)26/h2-4,7-8,10-11,15,21H,5-6,9,12-14,16H2,1H3/t21-/m0/s1. The monoisotopic (exact) mass is 362 g/mol. The number of aryl methyl sites for hydroxylation is 1. The molecule has 140 valence electrons. The van der Waals surface area contributed by atoms with Gasteiger partial charge >= 0.3 is 0 Å². The van der Waals surface area contributed by atoms with Crippen LogP contribution in [0.5, 0.6) is 0 Å². The third kappa shape index (κ3) is 3.61. The van der Waals surface area contributed by atoms with E-state index in [1.807, 2.05) is 41.1 Å². The topological polar surface area (TPSA) is 40.6 Å². The summed E-state index contributed by atoms with van der Waals surface area (Å²) in [4.78, 5) is 28.8. The molecule has 1 aliphatic heterocycles. The molecule has 2 aromatic carbocycles. The van der Waals surface area contributed by atoms with Crippen LogP contribution in [-0.2, 0) is 17.8 Å². The lowest BCUT2D eigenvalue weighted by Gasteiger charge is -2.33. The Balaban J connectivity index is 1.53. The van der Waals surface area contributed by atoms with E-state index in [1.54, 1.807) is 0 Å². The van der Waals surface area contributed by atoms with Gasteiger partial charge in [-0.2, -0.15) is 0 Å². The van der Waals surface area contributed by atoms with Crippen molar-refractivity contribution < 1.29 is 9.59 Å². The highest BCUT2D eigenvalue weighted by atomic mass is 16.2. The molecular formula is C23H26N2O2. The van der Waals surface area contributed by atoms with Crippen molar-refractivity contribution in [2.24, 2.45) is 0 Å². The number of hydrogen-bond acceptors (Lipinski definition) is 2. The van der Waals surface area contributed by atoms with Gasteiger partial charge in [-0.15, -0.1) is 0 Å². The first-order chi connectivity index (χ1) is 13.1. The van der Waals surface area contributed by atoms with Gasteiger partial charge in [-0.1, -0.05) is 36.4 Å². The molecule has 0 unspecified atom stereocenters. The molecule has 1 heterocycles. The number of carbonyl (C=O) groups excluding carboxylic acids is 2. The second-order valence-electron chi connectivity index (χ2n) is 7.64. The Morgan fingerprint density at radius 1 is 1.11 bits per heavy atom. The minimum Gasteiger partial charge on any atom is -0.338 e. The van der Waals surface area contributed by atoms with E-state index < -0.39 is 0 Å². The van der Waals surface area contributed by atoms with E-state index in [0.29, 0.717) is 18.5 Å². The summed E-state index contributed by atoms with van der Waals surface area (Å²) in [6, 6.07) is 16.3. The van der Waals surface area contributed by atoms with Gasteiger partial charge in [-0.05, 0) is 54.5 Å². The van der Waals surface area contributed by atoms with E-state index in [0.717, 1.165) is 37.8 Å². The Labute approximate surface area is 160 Å². The highest BCUT2D eigenvalue weighted by Crippen LogP contribution is 2.34. The lowest BCUT2D eigenvalue weighted by molar-refractivity contribution is -0.128. The van der Waals surface area contributed by atoms with Crippen LogP contribution in [0, 0.1) is 0 Å². The molecule has 1 atom stereocenters. The van der Waals surface area contributed by atoms with Crippen molar-refractivity contribution >= 4 is 11.8 Å². The summed E-state index contributed by atoms with van der Waals surface area (Å²) in [5.41, 5.74) is 4.35. The fraction of sp³-hybridized carbons (Fsp3) is 0.391. The van der Waals surface area contributed by atoms with Crippen molar-refractivity contribution in [1.29, 1.82) is 0 Å². The number of likely N-dealkylation sites (tertiary alicyclic amines) is 1. The Morgan fingerprint density at radius 3 is 2.78 bits per heavy atom. The fourth-order valence-corrected chi connectivity index (χ4v) is 4.37. The van der Waals surface area contributed by atoms with E-state index in [9.17, 15) is 9.59 Å². The second-order valence-corrected chi connectivity index (χ2v) is 7.64. The van der Waals surface area contributed by atoms with E-state index in [-0.39, 0.29) is 17.9 Å². The van der Waals surface area contributed by atoms with Crippen LogP contribution in [0.1, 0.15) is 58.8 Å². The molecule has 0 bridgehead atoms. The van der Waals surface area contributed by atoms with E-state index in [2.05, 4.69) is 24.3 Å². The van der Waals surface area contributed by atoms with Gasteiger partial charge in [0, 0.05) is 32.1 Å². The van der Waals surface area contributed by atoms with Crippen LogP contribution < -0.4 is 0 Å². The van der Waals surface area contributed by atoms with Gasteiger partial charge in [0.25, 0.3) is 5.91 Å². The highest BCUT2D eigenvalue weighted by molar-refractivity contribution is 5.94. The second kappa shape index (κ2) is 7.55. The zero-order chi connectivity index (χ0) is 18.8. The molecule has 2 amide bonds. The zero-order valence-electron chi connectivity index (χ0n) is 15.9. The Morgan fingerprint density at radius 2 is 1.96 bits per heavy atom. The van der Waals surface area contributed by atoms with Crippen LogP contribution in [0.3, 0.4) is 0 Å². The van der Waals surface area contributed by atoms with Crippen LogP contribution in [0.25, 0.3) is 0 Å². The Kier molecular flexibility index (Phi) is 4.97. The number of carbonyl (C=O) groups is 2. The number of benzene rings is 2. The van der Waals surface area contributed by atoms with Crippen molar-refractivity contribution in [2.45, 2.75) is 44.7 Å². The average molecular weight is 362 g/mol. The number of fused-ring (bicyclic) bond motifs is 1. The quantitative estimate of drug-likeness (QED) is 0.826. The molecule has 1 saturated heterocycles. The summed E-state index contributed by atoms with van der Waals surface area (Å²) >= 11 is 0. The minimum atomic E-state index is 0.0475. The van der Waals surface area contributed by atoms with Crippen LogP contribution >= 0.6 is 0 Å². The largest absolute Gasteiger partial charge is 0.338 e. The first kappa shape index (κ1) is 17.8. The molecule has 0 N–H and O–H groups in total. The summed E-state index contributed by atoms with van der Waals surface area (Å²) in [6.07, 6.45) is 4.77. The fourth-order valence-electron chi connectivity index (χ4n) is 4.37. The molecule has 4 nitrogen and oxygen atoms in total. The predicted octanol–water partition coefficient (Wildman–Crippen LogP) is 3.96. The molecule has 2 aliphatic rings. The molecule has 27 heavy (non-hydrogen) atoms. The maximum atomic E-state index is 13.2. The zero-order valence-corrected chi connectivity index (χ0v) is 15.9. The molecule has 0 aromatic heterocycles. The maximum absolute atomic E-state index is 13.2. The van der Waals surface area contributed by atoms with Crippen LogP contribution in [-0.4, -0.2) is 35.2 Å². The molecule has 0 saturated carbocycles. The molecule has 4 rings (SSSR count). The summed E-state index contributed by atoms with van der Waals surface area (Å²) in [5.74, 6) is 0.258. The Bertz CT molecular complexity index is 861. The lowest BCUT2D eigenvalue weighted by atomic mass is 9.87. The van der Waals surface area contributed by atoms with E-state index in [1.165, 1.54) is 11.1 Å². The van der Waals surface area contributed by atoms with Gasteiger partial charge in [0.05, 0.1) is 6.04 Å². The normalized spacial score (nSPS) is 19.1. The third-order valence-electron chi connectivity index (χ3n) is 5.84. The summed E-state index contributed by atoms with van der Waals surface area (Å²) in [7, 11) is 1.91. The number of nitrogens with zero attached hydrogens (tertiary/aromatic N) is 2. The van der Waals surface area contributed by atoms with Crippen molar-refractivity contribution in [3.63, 3.8) is 0 Å². The van der Waals surface area contributed by atoms with Crippen molar-refractivity contribution in [2.75, 3.05) is 13.6 Å². The molecular weight excluding hydrogens is 336 g/mol. The molecule has 4 heteroatoms. The first-order valence-corrected chi connectivity index (χ1v) is 9.85. The van der Waals surface area contributed by atoms with Gasteiger partial charge in [-0.3, -0.25) is 9.59 Å². The number of rotatable bonds is 4. The highest BCUT2D eigenvalue weighted by Gasteiger charge is 2.27. The number of amides is 2. The number of hydrogen-bond donors (Lipinski definition) is 0. The van der Waals surface area contributed by atoms with Gasteiger partial charge < -0.3 is 9.80 Å².